The van der Waals surface area contributed by atoms with Gasteiger partial charge in [-0.1, -0.05) is 117 Å². The van der Waals surface area contributed by atoms with E-state index < -0.39 is 0 Å². The van der Waals surface area contributed by atoms with E-state index in [9.17, 15) is 0 Å². The molecular weight excluding hydrogens is 512 g/mol. The summed E-state index contributed by atoms with van der Waals surface area (Å²) in [5.74, 6) is 2.38. The molecule has 210 valence electrons. The molecule has 4 aromatic carbocycles. The van der Waals surface area contributed by atoms with Crippen LogP contribution in [0.1, 0.15) is 38.8 Å². The fourth-order valence-corrected chi connectivity index (χ4v) is 5.37. The minimum atomic E-state index is 0.538. The van der Waals surface area contributed by atoms with Gasteiger partial charge in [-0.25, -0.2) is 0 Å². The third-order valence-corrected chi connectivity index (χ3v) is 7.10. The molecule has 0 unspecified atom stereocenters. The summed E-state index contributed by atoms with van der Waals surface area (Å²) in [6, 6.07) is 25.6. The standard InChI is InChI=1S/C40H38O2/c1-9-18-27(5)41-29(7)32(11-3)34-22-16-24-36-38(34)26-39-35(33(12-4)30(8)42-28(6)19-10-2)23-17-25-37(39)40(36)31-20-14-13-15-21-31/h9-26H,3,5-6,8H2,1-2,4,7H3/b18-9-,19-10-,32-29-,33-12+. The second-order valence-corrected chi connectivity index (χ2v) is 9.86. The SMILES string of the molecule is C=C/C(=C(\C)OC(=C)/C=C\C)c1cccc2c(-c3ccccc3)c3cccc(/C(=C/C)C(=C)OC(=C)/C=C\C)c3cc12. The van der Waals surface area contributed by atoms with E-state index in [-0.39, 0.29) is 0 Å². The molecule has 2 nitrogen and oxygen atoms in total. The topological polar surface area (TPSA) is 18.5 Å². The van der Waals surface area contributed by atoms with Gasteiger partial charge in [0.15, 0.2) is 0 Å². The summed E-state index contributed by atoms with van der Waals surface area (Å²) in [6.45, 7) is 24.3. The first-order valence-electron chi connectivity index (χ1n) is 14.1. The summed E-state index contributed by atoms with van der Waals surface area (Å²) in [7, 11) is 0. The van der Waals surface area contributed by atoms with Gasteiger partial charge in [-0.2, -0.15) is 0 Å². The van der Waals surface area contributed by atoms with Gasteiger partial charge in [-0.3, -0.25) is 0 Å². The second kappa shape index (κ2) is 13.5. The van der Waals surface area contributed by atoms with Crippen LogP contribution in [-0.4, -0.2) is 0 Å². The van der Waals surface area contributed by atoms with Crippen molar-refractivity contribution in [2.24, 2.45) is 0 Å². The lowest BCUT2D eigenvalue weighted by molar-refractivity contribution is 0.327. The van der Waals surface area contributed by atoms with E-state index in [4.69, 9.17) is 9.47 Å². The molecule has 0 fully saturated rings. The summed E-state index contributed by atoms with van der Waals surface area (Å²) in [5, 5.41) is 4.46. The van der Waals surface area contributed by atoms with Crippen molar-refractivity contribution < 1.29 is 9.47 Å². The molecule has 0 amide bonds. The normalized spacial score (nSPS) is 12.5. The Hall–Kier alpha value is -5.08. The van der Waals surface area contributed by atoms with E-state index in [0.717, 1.165) is 60.7 Å². The molecule has 4 rings (SSSR count). The lowest BCUT2D eigenvalue weighted by atomic mass is 9.86. The van der Waals surface area contributed by atoms with Gasteiger partial charge in [-0.05, 0) is 89.7 Å². The number of rotatable bonds is 11. The molecule has 0 aliphatic heterocycles. The molecule has 0 heterocycles. The smallest absolute Gasteiger partial charge is 0.127 e. The summed E-state index contributed by atoms with van der Waals surface area (Å²) < 4.78 is 12.1. The first-order valence-corrected chi connectivity index (χ1v) is 14.1. The predicted octanol–water partition coefficient (Wildman–Crippen LogP) is 11.7. The van der Waals surface area contributed by atoms with Gasteiger partial charge in [0.25, 0.3) is 0 Å². The first-order chi connectivity index (χ1) is 20.3. The van der Waals surface area contributed by atoms with E-state index in [1.165, 1.54) is 0 Å². The molecular formula is C40H38O2. The largest absolute Gasteiger partial charge is 0.462 e. The van der Waals surface area contributed by atoms with Crippen molar-refractivity contribution in [2.45, 2.75) is 27.7 Å². The van der Waals surface area contributed by atoms with Crippen molar-refractivity contribution in [1.82, 2.24) is 0 Å². The summed E-state index contributed by atoms with van der Waals surface area (Å²) in [5.41, 5.74) is 6.17. The molecule has 0 atom stereocenters. The Balaban J connectivity index is 2.09. The van der Waals surface area contributed by atoms with E-state index in [1.807, 2.05) is 70.2 Å². The molecule has 0 radical (unpaired) electrons. The van der Waals surface area contributed by atoms with Crippen molar-refractivity contribution in [3.8, 4) is 11.1 Å². The zero-order chi connectivity index (χ0) is 30.2. The molecule has 0 N–H and O–H groups in total. The third kappa shape index (κ3) is 6.14. The highest BCUT2D eigenvalue weighted by Gasteiger charge is 2.18. The maximum atomic E-state index is 6.09. The molecule has 0 aliphatic rings. The number of hydrogen-bond donors (Lipinski definition) is 0. The Bertz CT molecular complexity index is 1810. The molecule has 2 heteroatoms. The fraction of sp³-hybridized carbons (Fsp3) is 0.100. The maximum Gasteiger partial charge on any atom is 0.127 e. The zero-order valence-electron chi connectivity index (χ0n) is 25.0. The highest BCUT2D eigenvalue weighted by atomic mass is 16.5. The lowest BCUT2D eigenvalue weighted by Gasteiger charge is -2.20. The van der Waals surface area contributed by atoms with Gasteiger partial charge in [0.2, 0.25) is 0 Å². The second-order valence-electron chi connectivity index (χ2n) is 9.86. The van der Waals surface area contributed by atoms with Crippen LogP contribution in [0.15, 0.2) is 159 Å². The minimum Gasteiger partial charge on any atom is -0.462 e. The van der Waals surface area contributed by atoms with Crippen molar-refractivity contribution >= 4 is 32.7 Å². The Morgan fingerprint density at radius 3 is 1.81 bits per heavy atom. The molecule has 0 saturated heterocycles. The number of hydrogen-bond acceptors (Lipinski definition) is 2. The Morgan fingerprint density at radius 1 is 0.667 bits per heavy atom. The molecule has 0 spiro atoms. The van der Waals surface area contributed by atoms with Crippen LogP contribution in [0.25, 0.3) is 43.8 Å². The van der Waals surface area contributed by atoms with Crippen molar-refractivity contribution in [1.29, 1.82) is 0 Å². The molecule has 4 aromatic rings. The van der Waals surface area contributed by atoms with Gasteiger partial charge in [0, 0.05) is 11.1 Å². The fourth-order valence-electron chi connectivity index (χ4n) is 5.37. The van der Waals surface area contributed by atoms with E-state index in [2.05, 4.69) is 93.0 Å². The van der Waals surface area contributed by atoms with Crippen LogP contribution in [0.3, 0.4) is 0 Å². The van der Waals surface area contributed by atoms with Gasteiger partial charge < -0.3 is 9.47 Å². The van der Waals surface area contributed by atoms with Crippen LogP contribution in [0.5, 0.6) is 0 Å². The summed E-state index contributed by atoms with van der Waals surface area (Å²) >= 11 is 0. The monoisotopic (exact) mass is 550 g/mol. The van der Waals surface area contributed by atoms with Crippen molar-refractivity contribution in [2.75, 3.05) is 0 Å². The Kier molecular flexibility index (Phi) is 9.62. The first kappa shape index (κ1) is 29.9. The van der Waals surface area contributed by atoms with Gasteiger partial charge in [-0.15, -0.1) is 0 Å². The Morgan fingerprint density at radius 2 is 1.24 bits per heavy atom. The van der Waals surface area contributed by atoms with Gasteiger partial charge >= 0.3 is 0 Å². The van der Waals surface area contributed by atoms with Crippen LogP contribution >= 0.6 is 0 Å². The Labute approximate surface area is 250 Å². The molecule has 42 heavy (non-hydrogen) atoms. The molecule has 0 aromatic heterocycles. The maximum absolute atomic E-state index is 6.09. The van der Waals surface area contributed by atoms with Crippen LogP contribution in [0.4, 0.5) is 0 Å². The summed E-state index contributed by atoms with van der Waals surface area (Å²) in [4.78, 5) is 0. The highest BCUT2D eigenvalue weighted by molar-refractivity contribution is 6.17. The zero-order valence-corrected chi connectivity index (χ0v) is 25.0. The number of fused-ring (bicyclic) bond motifs is 2. The average molecular weight is 551 g/mol. The van der Waals surface area contributed by atoms with Gasteiger partial charge in [0.05, 0.1) is 0 Å². The van der Waals surface area contributed by atoms with Crippen molar-refractivity contribution in [3.63, 3.8) is 0 Å². The van der Waals surface area contributed by atoms with Crippen LogP contribution in [-0.2, 0) is 9.47 Å². The minimum absolute atomic E-state index is 0.538. The molecule has 0 saturated carbocycles. The van der Waals surface area contributed by atoms with Crippen LogP contribution in [0.2, 0.25) is 0 Å². The summed E-state index contributed by atoms with van der Waals surface area (Å²) in [6.07, 6.45) is 11.4. The molecule has 0 aliphatic carbocycles. The van der Waals surface area contributed by atoms with E-state index in [1.54, 1.807) is 0 Å². The average Bonchev–Trinajstić information content (AvgIpc) is 2.97. The van der Waals surface area contributed by atoms with Crippen LogP contribution < -0.4 is 0 Å². The quantitative estimate of drug-likeness (QED) is 0.105. The van der Waals surface area contributed by atoms with E-state index >= 15 is 0 Å². The number of ether oxygens (including phenoxy) is 2. The third-order valence-electron chi connectivity index (χ3n) is 7.10. The van der Waals surface area contributed by atoms with Crippen molar-refractivity contribution in [3.05, 3.63) is 170 Å². The predicted molar refractivity (Wildman–Crippen MR) is 183 cm³/mol. The number of allylic oxidation sites excluding steroid dienone is 9. The lowest BCUT2D eigenvalue weighted by Crippen LogP contribution is -1.97. The van der Waals surface area contributed by atoms with E-state index in [0.29, 0.717) is 17.3 Å². The molecule has 0 bridgehead atoms. The van der Waals surface area contributed by atoms with Crippen LogP contribution in [0, 0.1) is 0 Å². The number of benzene rings is 4. The van der Waals surface area contributed by atoms with Gasteiger partial charge in [0.1, 0.15) is 23.0 Å². The highest BCUT2D eigenvalue weighted by Crippen LogP contribution is 2.42.